The van der Waals surface area contributed by atoms with Crippen LogP contribution in [0.3, 0.4) is 0 Å². The molecule has 1 unspecified atom stereocenters. The van der Waals surface area contributed by atoms with Crippen molar-refractivity contribution in [3.8, 4) is 11.5 Å². The number of aliphatic carboxylic acids is 1. The average molecular weight is 193 g/mol. The molecule has 0 saturated heterocycles. The SMILES string of the molecule is O=C([O-])CC1COc2cc(O)ccc21. The zero-order chi connectivity index (χ0) is 10.1. The van der Waals surface area contributed by atoms with Gasteiger partial charge in [-0.15, -0.1) is 0 Å². The molecule has 1 aliphatic heterocycles. The summed E-state index contributed by atoms with van der Waals surface area (Å²) >= 11 is 0. The highest BCUT2D eigenvalue weighted by molar-refractivity contribution is 5.66. The number of hydrogen-bond acceptors (Lipinski definition) is 4. The summed E-state index contributed by atoms with van der Waals surface area (Å²) in [7, 11) is 0. The molecule has 4 heteroatoms. The molecular weight excluding hydrogens is 184 g/mol. The molecule has 74 valence electrons. The van der Waals surface area contributed by atoms with Gasteiger partial charge in [-0.2, -0.15) is 0 Å². The van der Waals surface area contributed by atoms with E-state index in [0.29, 0.717) is 12.4 Å². The highest BCUT2D eigenvalue weighted by atomic mass is 16.5. The van der Waals surface area contributed by atoms with Crippen LogP contribution in [-0.2, 0) is 4.79 Å². The lowest BCUT2D eigenvalue weighted by atomic mass is 9.98. The number of phenols is 1. The first-order chi connectivity index (χ1) is 6.66. The molecule has 1 aromatic carbocycles. The first-order valence-corrected chi connectivity index (χ1v) is 4.32. The highest BCUT2D eigenvalue weighted by Gasteiger charge is 2.24. The molecule has 2 rings (SSSR count). The summed E-state index contributed by atoms with van der Waals surface area (Å²) in [5.74, 6) is -0.552. The molecular formula is C10H9O4-. The molecule has 0 radical (unpaired) electrons. The first-order valence-electron chi connectivity index (χ1n) is 4.32. The normalized spacial score (nSPS) is 18.7. The van der Waals surface area contributed by atoms with Crippen LogP contribution in [-0.4, -0.2) is 17.7 Å². The van der Waals surface area contributed by atoms with E-state index in [1.165, 1.54) is 12.1 Å². The van der Waals surface area contributed by atoms with Gasteiger partial charge in [-0.25, -0.2) is 0 Å². The van der Waals surface area contributed by atoms with E-state index in [0.717, 1.165) is 5.56 Å². The van der Waals surface area contributed by atoms with Gasteiger partial charge in [0.15, 0.2) is 0 Å². The zero-order valence-corrected chi connectivity index (χ0v) is 7.40. The Morgan fingerprint density at radius 2 is 2.43 bits per heavy atom. The van der Waals surface area contributed by atoms with Gasteiger partial charge in [-0.1, -0.05) is 6.07 Å². The van der Waals surface area contributed by atoms with Crippen LogP contribution in [0.2, 0.25) is 0 Å². The smallest absolute Gasteiger partial charge is 0.126 e. The number of aromatic hydroxyl groups is 1. The van der Waals surface area contributed by atoms with E-state index < -0.39 is 5.97 Å². The number of carbonyl (C=O) groups excluding carboxylic acids is 1. The second-order valence-corrected chi connectivity index (χ2v) is 3.31. The zero-order valence-electron chi connectivity index (χ0n) is 7.40. The van der Waals surface area contributed by atoms with Gasteiger partial charge in [0.05, 0.1) is 6.61 Å². The van der Waals surface area contributed by atoms with Crippen molar-refractivity contribution in [3.63, 3.8) is 0 Å². The summed E-state index contributed by atoms with van der Waals surface area (Å²) in [6.45, 7) is 0.340. The Morgan fingerprint density at radius 1 is 1.64 bits per heavy atom. The molecule has 0 saturated carbocycles. The minimum atomic E-state index is -1.08. The number of carboxylic acid groups (broad SMARTS) is 1. The fraction of sp³-hybridized carbons (Fsp3) is 0.300. The number of ether oxygens (including phenoxy) is 1. The minimum absolute atomic E-state index is 0.0439. The maximum atomic E-state index is 10.4. The van der Waals surface area contributed by atoms with Gasteiger partial charge in [0.1, 0.15) is 11.5 Å². The van der Waals surface area contributed by atoms with Crippen molar-refractivity contribution in [1.82, 2.24) is 0 Å². The van der Waals surface area contributed by atoms with Crippen LogP contribution in [0.4, 0.5) is 0 Å². The topological polar surface area (TPSA) is 69.6 Å². The minimum Gasteiger partial charge on any atom is -0.550 e. The quantitative estimate of drug-likeness (QED) is 0.718. The molecule has 1 aromatic rings. The van der Waals surface area contributed by atoms with E-state index in [2.05, 4.69) is 0 Å². The molecule has 1 N–H and O–H groups in total. The Hall–Kier alpha value is -1.71. The third-order valence-electron chi connectivity index (χ3n) is 2.29. The predicted octanol–water partition coefficient (Wildman–Crippen LogP) is 0.00820. The molecule has 0 amide bonds. The standard InChI is InChI=1S/C10H10O4/c11-7-1-2-8-6(3-10(12)13)5-14-9(8)4-7/h1-2,4,6,11H,3,5H2,(H,12,13)/p-1. The summed E-state index contributed by atoms with van der Waals surface area (Å²) in [5.41, 5.74) is 0.826. The van der Waals surface area contributed by atoms with Gasteiger partial charge in [0, 0.05) is 23.5 Å². The predicted molar refractivity (Wildman–Crippen MR) is 46.0 cm³/mol. The van der Waals surface area contributed by atoms with Crippen molar-refractivity contribution in [1.29, 1.82) is 0 Å². The van der Waals surface area contributed by atoms with E-state index in [1.807, 2.05) is 0 Å². The van der Waals surface area contributed by atoms with Crippen LogP contribution in [0.5, 0.6) is 11.5 Å². The summed E-state index contributed by atoms with van der Waals surface area (Å²) in [4.78, 5) is 10.4. The van der Waals surface area contributed by atoms with E-state index >= 15 is 0 Å². The van der Waals surface area contributed by atoms with Gasteiger partial charge in [0.2, 0.25) is 0 Å². The first kappa shape index (κ1) is 8.87. The van der Waals surface area contributed by atoms with Crippen molar-refractivity contribution < 1.29 is 19.7 Å². The lowest BCUT2D eigenvalue weighted by molar-refractivity contribution is -0.306. The Kier molecular flexibility index (Phi) is 2.04. The summed E-state index contributed by atoms with van der Waals surface area (Å²) in [5, 5.41) is 19.6. The highest BCUT2D eigenvalue weighted by Crippen LogP contribution is 2.37. The lowest BCUT2D eigenvalue weighted by Gasteiger charge is -2.08. The van der Waals surface area contributed by atoms with Crippen LogP contribution in [0.15, 0.2) is 18.2 Å². The van der Waals surface area contributed by atoms with Gasteiger partial charge < -0.3 is 19.7 Å². The number of benzene rings is 1. The second-order valence-electron chi connectivity index (χ2n) is 3.31. The van der Waals surface area contributed by atoms with Crippen LogP contribution >= 0.6 is 0 Å². The van der Waals surface area contributed by atoms with E-state index in [4.69, 9.17) is 9.84 Å². The van der Waals surface area contributed by atoms with Crippen LogP contribution in [0, 0.1) is 0 Å². The largest absolute Gasteiger partial charge is 0.550 e. The van der Waals surface area contributed by atoms with Crippen molar-refractivity contribution >= 4 is 5.97 Å². The second kappa shape index (κ2) is 3.21. The molecule has 14 heavy (non-hydrogen) atoms. The van der Waals surface area contributed by atoms with Crippen molar-refractivity contribution in [3.05, 3.63) is 23.8 Å². The number of carbonyl (C=O) groups is 1. The molecule has 1 atom stereocenters. The Bertz CT molecular complexity index is 372. The van der Waals surface area contributed by atoms with Gasteiger partial charge in [-0.3, -0.25) is 0 Å². The monoisotopic (exact) mass is 193 g/mol. The summed E-state index contributed by atoms with van der Waals surface area (Å²) in [6.07, 6.45) is -0.0439. The molecule has 0 aliphatic carbocycles. The number of rotatable bonds is 2. The fourth-order valence-electron chi connectivity index (χ4n) is 1.64. The number of phenolic OH excluding ortho intramolecular Hbond substituents is 1. The van der Waals surface area contributed by atoms with E-state index in [-0.39, 0.29) is 18.1 Å². The summed E-state index contributed by atoms with van der Waals surface area (Å²) in [6, 6.07) is 4.70. The fourth-order valence-corrected chi connectivity index (χ4v) is 1.64. The molecule has 0 spiro atoms. The third-order valence-corrected chi connectivity index (χ3v) is 2.29. The number of carboxylic acids is 1. The number of hydrogen-bond donors (Lipinski definition) is 1. The van der Waals surface area contributed by atoms with Crippen molar-refractivity contribution in [2.24, 2.45) is 0 Å². The Morgan fingerprint density at radius 3 is 3.14 bits per heavy atom. The Balaban J connectivity index is 2.26. The molecule has 0 aromatic heterocycles. The summed E-state index contributed by atoms with van der Waals surface area (Å²) < 4.78 is 5.24. The van der Waals surface area contributed by atoms with E-state index in [9.17, 15) is 9.90 Å². The van der Waals surface area contributed by atoms with Crippen LogP contribution in [0.1, 0.15) is 17.9 Å². The van der Waals surface area contributed by atoms with Crippen molar-refractivity contribution in [2.45, 2.75) is 12.3 Å². The van der Waals surface area contributed by atoms with E-state index in [1.54, 1.807) is 6.07 Å². The molecule has 0 fully saturated rings. The lowest BCUT2D eigenvalue weighted by Crippen LogP contribution is -2.24. The molecule has 0 bridgehead atoms. The molecule has 1 aliphatic rings. The Labute approximate surface area is 80.7 Å². The van der Waals surface area contributed by atoms with Crippen LogP contribution < -0.4 is 9.84 Å². The maximum Gasteiger partial charge on any atom is 0.126 e. The van der Waals surface area contributed by atoms with Crippen LogP contribution in [0.25, 0.3) is 0 Å². The van der Waals surface area contributed by atoms with Gasteiger partial charge in [-0.05, 0) is 12.5 Å². The van der Waals surface area contributed by atoms with Gasteiger partial charge >= 0.3 is 0 Å². The van der Waals surface area contributed by atoms with Gasteiger partial charge in [0.25, 0.3) is 0 Å². The number of fused-ring (bicyclic) bond motifs is 1. The average Bonchev–Trinajstić information content (AvgIpc) is 2.47. The third kappa shape index (κ3) is 1.51. The molecule has 4 nitrogen and oxygen atoms in total. The maximum absolute atomic E-state index is 10.4. The molecule has 1 heterocycles. The van der Waals surface area contributed by atoms with Crippen molar-refractivity contribution in [2.75, 3.05) is 6.61 Å².